The zero-order valence-electron chi connectivity index (χ0n) is 11.9. The maximum atomic E-state index is 12.7. The third-order valence-corrected chi connectivity index (χ3v) is 5.34. The molecule has 1 aliphatic carbocycles. The Labute approximate surface area is 121 Å². The molecule has 0 spiro atoms. The van der Waals surface area contributed by atoms with Crippen LogP contribution < -0.4 is 5.32 Å². The minimum atomic E-state index is -4.36. The third kappa shape index (κ3) is 2.71. The Kier molecular flexibility index (Phi) is 4.41. The Bertz CT molecular complexity index is 450. The first-order valence-corrected chi connectivity index (χ1v) is 7.50. The van der Waals surface area contributed by atoms with Crippen LogP contribution in [0.1, 0.15) is 41.6 Å². The topological polar surface area (TPSA) is 28.2 Å². The second kappa shape index (κ2) is 5.61. The van der Waals surface area contributed by atoms with E-state index in [-0.39, 0.29) is 11.6 Å². The molecule has 0 saturated heterocycles. The molecule has 7 heteroatoms. The highest BCUT2D eigenvalue weighted by Crippen LogP contribution is 2.45. The summed E-state index contributed by atoms with van der Waals surface area (Å²) >= 11 is 0.750. The highest BCUT2D eigenvalue weighted by atomic mass is 32.1. The predicted octanol–water partition coefficient (Wildman–Crippen LogP) is 3.30. The van der Waals surface area contributed by atoms with Crippen molar-refractivity contribution in [1.82, 2.24) is 15.2 Å². The third-order valence-electron chi connectivity index (χ3n) is 4.24. The predicted molar refractivity (Wildman–Crippen MR) is 73.8 cm³/mol. The highest BCUT2D eigenvalue weighted by Gasteiger charge is 2.45. The second-order valence-electron chi connectivity index (χ2n) is 5.49. The van der Waals surface area contributed by atoms with E-state index in [0.717, 1.165) is 37.0 Å². The molecule has 1 atom stereocenters. The minimum Gasteiger partial charge on any atom is -0.311 e. The van der Waals surface area contributed by atoms with Crippen LogP contribution in [0, 0.1) is 0 Å². The number of alkyl halides is 3. The van der Waals surface area contributed by atoms with E-state index >= 15 is 0 Å². The van der Waals surface area contributed by atoms with Crippen LogP contribution in [0.4, 0.5) is 13.2 Å². The van der Waals surface area contributed by atoms with Crippen LogP contribution in [0.5, 0.6) is 0 Å². The minimum absolute atomic E-state index is 0.117. The SMILES string of the molecule is CNC(c1cnc(C(F)(F)F)s1)C1(N(C)C)CCCC1. The van der Waals surface area contributed by atoms with Gasteiger partial charge in [-0.15, -0.1) is 11.3 Å². The Balaban J connectivity index is 2.34. The standard InChI is InChI=1S/C13H20F3N3S/c1-17-10(12(19(2)3)6-4-5-7-12)9-8-18-11(20-9)13(14,15)16/h8,10,17H,4-7H2,1-3H3. The molecule has 114 valence electrons. The van der Waals surface area contributed by atoms with Crippen molar-refractivity contribution in [3.63, 3.8) is 0 Å². The smallest absolute Gasteiger partial charge is 0.311 e. The maximum Gasteiger partial charge on any atom is 0.443 e. The molecule has 0 aliphatic heterocycles. The van der Waals surface area contributed by atoms with Crippen LogP contribution in [-0.4, -0.2) is 36.6 Å². The summed E-state index contributed by atoms with van der Waals surface area (Å²) in [6.45, 7) is 0. The molecule has 3 nitrogen and oxygen atoms in total. The highest BCUT2D eigenvalue weighted by molar-refractivity contribution is 7.11. The van der Waals surface area contributed by atoms with Crippen molar-refractivity contribution in [1.29, 1.82) is 0 Å². The molecule has 0 amide bonds. The second-order valence-corrected chi connectivity index (χ2v) is 6.55. The Morgan fingerprint density at radius 2 is 1.95 bits per heavy atom. The van der Waals surface area contributed by atoms with Crippen molar-refractivity contribution < 1.29 is 13.2 Å². The van der Waals surface area contributed by atoms with Gasteiger partial charge in [-0.25, -0.2) is 4.98 Å². The summed E-state index contributed by atoms with van der Waals surface area (Å²) in [5.41, 5.74) is -0.121. The molecule has 1 aliphatic rings. The van der Waals surface area contributed by atoms with Crippen molar-refractivity contribution in [2.45, 2.75) is 43.4 Å². The largest absolute Gasteiger partial charge is 0.443 e. The number of likely N-dealkylation sites (N-methyl/N-ethyl adjacent to an activating group) is 2. The van der Waals surface area contributed by atoms with Crippen LogP contribution in [0.25, 0.3) is 0 Å². The Morgan fingerprint density at radius 1 is 1.35 bits per heavy atom. The number of thiazole rings is 1. The van der Waals surface area contributed by atoms with Crippen LogP contribution in [0.15, 0.2) is 6.20 Å². The summed E-state index contributed by atoms with van der Waals surface area (Å²) in [4.78, 5) is 6.36. The van der Waals surface area contributed by atoms with E-state index in [1.54, 1.807) is 7.05 Å². The molecule has 0 radical (unpaired) electrons. The number of rotatable bonds is 4. The molecule has 2 rings (SSSR count). The molecule has 1 aromatic heterocycles. The van der Waals surface area contributed by atoms with Gasteiger partial charge in [0, 0.05) is 16.6 Å². The van der Waals surface area contributed by atoms with Gasteiger partial charge in [-0.3, -0.25) is 0 Å². The Morgan fingerprint density at radius 3 is 2.35 bits per heavy atom. The van der Waals surface area contributed by atoms with Crippen molar-refractivity contribution in [3.8, 4) is 0 Å². The summed E-state index contributed by atoms with van der Waals surface area (Å²) in [6.07, 6.45) is 1.22. The lowest BCUT2D eigenvalue weighted by Crippen LogP contribution is -2.51. The lowest BCUT2D eigenvalue weighted by atomic mass is 9.86. The molecule has 0 bridgehead atoms. The first-order chi connectivity index (χ1) is 9.31. The summed E-state index contributed by atoms with van der Waals surface area (Å²) in [5.74, 6) is 0. The van der Waals surface area contributed by atoms with Gasteiger partial charge in [0.05, 0.1) is 6.04 Å². The van der Waals surface area contributed by atoms with Crippen molar-refractivity contribution in [3.05, 3.63) is 16.1 Å². The summed E-state index contributed by atoms with van der Waals surface area (Å²) in [7, 11) is 5.81. The lowest BCUT2D eigenvalue weighted by Gasteiger charge is -2.42. The van der Waals surface area contributed by atoms with Gasteiger partial charge in [-0.2, -0.15) is 13.2 Å². The van der Waals surface area contributed by atoms with E-state index in [1.165, 1.54) is 6.20 Å². The molecule has 0 aromatic carbocycles. The first-order valence-electron chi connectivity index (χ1n) is 6.69. The zero-order valence-corrected chi connectivity index (χ0v) is 12.7. The van der Waals surface area contributed by atoms with Crippen molar-refractivity contribution in [2.75, 3.05) is 21.1 Å². The van der Waals surface area contributed by atoms with Gasteiger partial charge in [0.2, 0.25) is 0 Å². The molecule has 1 heterocycles. The van der Waals surface area contributed by atoms with Crippen LogP contribution in [0.2, 0.25) is 0 Å². The zero-order chi connectivity index (χ0) is 15.0. The number of nitrogens with zero attached hydrogens (tertiary/aromatic N) is 2. The molecular formula is C13H20F3N3S. The number of halogens is 3. The van der Waals surface area contributed by atoms with Crippen LogP contribution >= 0.6 is 11.3 Å². The molecule has 1 saturated carbocycles. The first kappa shape index (κ1) is 15.7. The molecule has 1 fully saturated rings. The van der Waals surface area contributed by atoms with Crippen molar-refractivity contribution in [2.24, 2.45) is 0 Å². The fourth-order valence-corrected chi connectivity index (χ4v) is 4.21. The summed E-state index contributed by atoms with van der Waals surface area (Å²) in [5, 5.41) is 2.44. The van der Waals surface area contributed by atoms with Crippen molar-refractivity contribution >= 4 is 11.3 Å². The van der Waals surface area contributed by atoms with E-state index in [9.17, 15) is 13.2 Å². The molecule has 1 N–H and O–H groups in total. The van der Waals surface area contributed by atoms with Gasteiger partial charge in [0.15, 0.2) is 5.01 Å². The Hall–Kier alpha value is -0.660. The number of nitrogens with one attached hydrogen (secondary N) is 1. The van der Waals surface area contributed by atoms with Gasteiger partial charge in [-0.1, -0.05) is 12.8 Å². The molecular weight excluding hydrogens is 287 g/mol. The van der Waals surface area contributed by atoms with Gasteiger partial charge >= 0.3 is 6.18 Å². The fourth-order valence-electron chi connectivity index (χ4n) is 3.21. The van der Waals surface area contributed by atoms with Gasteiger partial charge in [0.1, 0.15) is 0 Å². The van der Waals surface area contributed by atoms with E-state index < -0.39 is 11.2 Å². The van der Waals surface area contributed by atoms with Gasteiger partial charge in [-0.05, 0) is 34.0 Å². The van der Waals surface area contributed by atoms with Gasteiger partial charge in [0.25, 0.3) is 0 Å². The molecule has 1 unspecified atom stereocenters. The van der Waals surface area contributed by atoms with E-state index in [1.807, 2.05) is 14.1 Å². The van der Waals surface area contributed by atoms with E-state index in [4.69, 9.17) is 0 Å². The van der Waals surface area contributed by atoms with Gasteiger partial charge < -0.3 is 10.2 Å². The summed E-state index contributed by atoms with van der Waals surface area (Å²) < 4.78 is 38.2. The maximum absolute atomic E-state index is 12.7. The number of aromatic nitrogens is 1. The van der Waals surface area contributed by atoms with Crippen LogP contribution in [0.3, 0.4) is 0 Å². The lowest BCUT2D eigenvalue weighted by molar-refractivity contribution is -0.137. The monoisotopic (exact) mass is 307 g/mol. The molecule has 20 heavy (non-hydrogen) atoms. The number of hydrogen-bond donors (Lipinski definition) is 1. The molecule has 1 aromatic rings. The number of hydrogen-bond acceptors (Lipinski definition) is 4. The van der Waals surface area contributed by atoms with Crippen LogP contribution in [-0.2, 0) is 6.18 Å². The van der Waals surface area contributed by atoms with E-state index in [0.29, 0.717) is 4.88 Å². The average Bonchev–Trinajstić information content (AvgIpc) is 2.98. The average molecular weight is 307 g/mol. The van der Waals surface area contributed by atoms with E-state index in [2.05, 4.69) is 15.2 Å². The normalized spacial score (nSPS) is 20.6. The fraction of sp³-hybridized carbons (Fsp3) is 0.769. The quantitative estimate of drug-likeness (QED) is 0.925. The summed E-state index contributed by atoms with van der Waals surface area (Å²) in [6, 6.07) is -0.117.